The van der Waals surface area contributed by atoms with Crippen LogP contribution >= 0.6 is 11.8 Å². The zero-order valence-electron chi connectivity index (χ0n) is 21.0. The molecule has 11 nitrogen and oxygen atoms in total. The van der Waals surface area contributed by atoms with E-state index in [4.69, 9.17) is 9.47 Å². The number of benzene rings is 1. The molecule has 4 rings (SSSR count). The topological polar surface area (TPSA) is 132 Å². The standard InChI is InChI=1S/C24H30N8O3S/c1-6-36-24-28-21(27-14(2)3)17-13-26-32(22(17)29-24)10-9-25-23(33)19-12-18(30-31-19)16-11-15(34-4)7-8-20(16)35-5/h7-8,11-14H,6,9-10H2,1-5H3,(H,25,33)(H,30,31)(H,27,28,29). The third-order valence-corrected chi connectivity index (χ3v) is 6.02. The summed E-state index contributed by atoms with van der Waals surface area (Å²) in [5.41, 5.74) is 2.37. The van der Waals surface area contributed by atoms with Gasteiger partial charge in [-0.25, -0.2) is 14.6 Å². The molecule has 0 radical (unpaired) electrons. The average molecular weight is 511 g/mol. The number of methoxy groups -OCH3 is 2. The molecule has 0 bridgehead atoms. The van der Waals surface area contributed by atoms with Gasteiger partial charge in [0.15, 0.2) is 10.8 Å². The summed E-state index contributed by atoms with van der Waals surface area (Å²) in [6.45, 7) is 7.00. The van der Waals surface area contributed by atoms with Crippen molar-refractivity contribution in [1.82, 2.24) is 35.3 Å². The smallest absolute Gasteiger partial charge is 0.269 e. The Balaban J connectivity index is 1.46. The first-order valence-corrected chi connectivity index (χ1v) is 12.6. The largest absolute Gasteiger partial charge is 0.497 e. The molecule has 3 aromatic heterocycles. The second-order valence-corrected chi connectivity index (χ2v) is 9.41. The first kappa shape index (κ1) is 25.3. The zero-order valence-corrected chi connectivity index (χ0v) is 21.8. The van der Waals surface area contributed by atoms with Crippen molar-refractivity contribution in [3.63, 3.8) is 0 Å². The zero-order chi connectivity index (χ0) is 25.7. The SMILES string of the molecule is CCSc1nc(NC(C)C)c2cnn(CCNC(=O)c3cc(-c4cc(OC)ccc4OC)n[nH]3)c2n1. The number of carbonyl (C=O) groups is 1. The van der Waals surface area contributed by atoms with Crippen molar-refractivity contribution in [3.8, 4) is 22.8 Å². The molecule has 0 fully saturated rings. The van der Waals surface area contributed by atoms with Crippen LogP contribution in [0, 0.1) is 0 Å². The fourth-order valence-corrected chi connectivity index (χ4v) is 4.20. The minimum atomic E-state index is -0.272. The highest BCUT2D eigenvalue weighted by Crippen LogP contribution is 2.32. The summed E-state index contributed by atoms with van der Waals surface area (Å²) in [6, 6.07) is 7.32. The third kappa shape index (κ3) is 5.54. The summed E-state index contributed by atoms with van der Waals surface area (Å²) in [6.07, 6.45) is 1.75. The van der Waals surface area contributed by atoms with Gasteiger partial charge in [-0.3, -0.25) is 9.89 Å². The molecule has 0 saturated heterocycles. The molecule has 0 aliphatic rings. The predicted octanol–water partition coefficient (Wildman–Crippen LogP) is 3.60. The minimum absolute atomic E-state index is 0.224. The van der Waals surface area contributed by atoms with Crippen LogP contribution in [0.5, 0.6) is 11.5 Å². The summed E-state index contributed by atoms with van der Waals surface area (Å²) < 4.78 is 12.5. The Morgan fingerprint density at radius 2 is 2.03 bits per heavy atom. The van der Waals surface area contributed by atoms with E-state index in [0.717, 1.165) is 28.2 Å². The van der Waals surface area contributed by atoms with Gasteiger partial charge in [0.25, 0.3) is 5.91 Å². The molecule has 0 saturated carbocycles. The molecular formula is C24H30N8O3S. The lowest BCUT2D eigenvalue weighted by atomic mass is 10.1. The number of anilines is 1. The Morgan fingerprint density at radius 3 is 2.75 bits per heavy atom. The van der Waals surface area contributed by atoms with Crippen molar-refractivity contribution in [2.75, 3.05) is 31.8 Å². The van der Waals surface area contributed by atoms with Gasteiger partial charge in [-0.15, -0.1) is 0 Å². The number of amides is 1. The Bertz CT molecular complexity index is 1350. The number of hydrogen-bond donors (Lipinski definition) is 3. The Labute approximate surface area is 213 Å². The van der Waals surface area contributed by atoms with Crippen LogP contribution in [0.2, 0.25) is 0 Å². The van der Waals surface area contributed by atoms with Crippen molar-refractivity contribution >= 4 is 34.5 Å². The maximum Gasteiger partial charge on any atom is 0.269 e. The van der Waals surface area contributed by atoms with Gasteiger partial charge in [-0.2, -0.15) is 10.2 Å². The van der Waals surface area contributed by atoms with E-state index < -0.39 is 0 Å². The number of H-pyrrole nitrogens is 1. The third-order valence-electron chi connectivity index (χ3n) is 5.29. The Hall–Kier alpha value is -3.80. The molecule has 3 heterocycles. The highest BCUT2D eigenvalue weighted by molar-refractivity contribution is 7.99. The van der Waals surface area contributed by atoms with Crippen LogP contribution < -0.4 is 20.1 Å². The van der Waals surface area contributed by atoms with Crippen LogP contribution in [0.1, 0.15) is 31.3 Å². The maximum absolute atomic E-state index is 12.8. The predicted molar refractivity (Wildman–Crippen MR) is 140 cm³/mol. The molecule has 0 atom stereocenters. The van der Waals surface area contributed by atoms with Gasteiger partial charge < -0.3 is 20.1 Å². The molecule has 190 valence electrons. The van der Waals surface area contributed by atoms with Gasteiger partial charge in [0.05, 0.1) is 38.0 Å². The molecule has 12 heteroatoms. The molecule has 1 amide bonds. The fraction of sp³-hybridized carbons (Fsp3) is 0.375. The normalized spacial score (nSPS) is 11.2. The van der Waals surface area contributed by atoms with E-state index in [-0.39, 0.29) is 11.9 Å². The molecule has 0 aliphatic heterocycles. The number of aromatic amines is 1. The number of aromatic nitrogens is 6. The number of rotatable bonds is 11. The second-order valence-electron chi connectivity index (χ2n) is 8.18. The quantitative estimate of drug-likeness (QED) is 0.204. The number of thioether (sulfide) groups is 1. The Morgan fingerprint density at radius 1 is 1.19 bits per heavy atom. The van der Waals surface area contributed by atoms with Crippen molar-refractivity contribution in [3.05, 3.63) is 36.2 Å². The average Bonchev–Trinajstić information content (AvgIpc) is 3.51. The number of fused-ring (bicyclic) bond motifs is 1. The van der Waals surface area contributed by atoms with Gasteiger partial charge in [0, 0.05) is 18.2 Å². The molecule has 0 unspecified atom stereocenters. The van der Waals surface area contributed by atoms with E-state index in [0.29, 0.717) is 41.1 Å². The van der Waals surface area contributed by atoms with E-state index in [1.54, 1.807) is 55.1 Å². The molecule has 0 aliphatic carbocycles. The lowest BCUT2D eigenvalue weighted by Crippen LogP contribution is -2.27. The van der Waals surface area contributed by atoms with Crippen molar-refractivity contribution < 1.29 is 14.3 Å². The van der Waals surface area contributed by atoms with Gasteiger partial charge in [-0.05, 0) is 43.9 Å². The lowest BCUT2D eigenvalue weighted by Gasteiger charge is -2.11. The van der Waals surface area contributed by atoms with Crippen LogP contribution in [-0.4, -0.2) is 68.4 Å². The lowest BCUT2D eigenvalue weighted by molar-refractivity contribution is 0.0947. The summed E-state index contributed by atoms with van der Waals surface area (Å²) in [4.78, 5) is 22.1. The highest BCUT2D eigenvalue weighted by Gasteiger charge is 2.16. The van der Waals surface area contributed by atoms with E-state index in [1.807, 2.05) is 6.07 Å². The monoisotopic (exact) mass is 510 g/mol. The molecule has 36 heavy (non-hydrogen) atoms. The molecule has 4 aromatic rings. The molecular weight excluding hydrogens is 480 g/mol. The van der Waals surface area contributed by atoms with E-state index >= 15 is 0 Å². The highest BCUT2D eigenvalue weighted by atomic mass is 32.2. The van der Waals surface area contributed by atoms with Crippen LogP contribution in [0.15, 0.2) is 35.6 Å². The van der Waals surface area contributed by atoms with Crippen LogP contribution in [0.4, 0.5) is 5.82 Å². The van der Waals surface area contributed by atoms with Crippen LogP contribution in [0.3, 0.4) is 0 Å². The van der Waals surface area contributed by atoms with E-state index in [2.05, 4.69) is 56.7 Å². The van der Waals surface area contributed by atoms with Gasteiger partial charge in [0.1, 0.15) is 23.0 Å². The molecule has 3 N–H and O–H groups in total. The molecule has 0 spiro atoms. The van der Waals surface area contributed by atoms with Crippen molar-refractivity contribution in [1.29, 1.82) is 0 Å². The minimum Gasteiger partial charge on any atom is -0.497 e. The van der Waals surface area contributed by atoms with Crippen molar-refractivity contribution in [2.24, 2.45) is 0 Å². The summed E-state index contributed by atoms with van der Waals surface area (Å²) in [5.74, 6) is 2.66. The first-order valence-electron chi connectivity index (χ1n) is 11.6. The first-order chi connectivity index (χ1) is 17.4. The van der Waals surface area contributed by atoms with E-state index in [9.17, 15) is 4.79 Å². The van der Waals surface area contributed by atoms with Crippen LogP contribution in [0.25, 0.3) is 22.3 Å². The summed E-state index contributed by atoms with van der Waals surface area (Å²) in [7, 11) is 3.18. The number of hydrogen-bond acceptors (Lipinski definition) is 9. The van der Waals surface area contributed by atoms with E-state index in [1.165, 1.54) is 0 Å². The number of nitrogens with one attached hydrogen (secondary N) is 3. The fourth-order valence-electron chi connectivity index (χ4n) is 3.64. The summed E-state index contributed by atoms with van der Waals surface area (Å²) >= 11 is 1.57. The second kappa shape index (κ2) is 11.3. The van der Waals surface area contributed by atoms with Gasteiger partial charge in [0.2, 0.25) is 0 Å². The number of ether oxygens (including phenoxy) is 2. The summed E-state index contributed by atoms with van der Waals surface area (Å²) in [5, 5.41) is 19.4. The number of nitrogens with zero attached hydrogens (tertiary/aromatic N) is 5. The van der Waals surface area contributed by atoms with Gasteiger partial charge in [-0.1, -0.05) is 18.7 Å². The maximum atomic E-state index is 12.8. The van der Waals surface area contributed by atoms with Crippen LogP contribution in [-0.2, 0) is 6.54 Å². The van der Waals surface area contributed by atoms with Crippen molar-refractivity contribution in [2.45, 2.75) is 38.5 Å². The Kier molecular flexibility index (Phi) is 7.93. The molecule has 1 aromatic carbocycles. The van der Waals surface area contributed by atoms with Gasteiger partial charge >= 0.3 is 0 Å². The number of carbonyl (C=O) groups excluding carboxylic acids is 1.